The van der Waals surface area contributed by atoms with Crippen molar-refractivity contribution in [3.05, 3.63) is 11.9 Å². The Kier molecular flexibility index (Phi) is 5.21. The summed E-state index contributed by atoms with van der Waals surface area (Å²) in [4.78, 5) is 25.6. The van der Waals surface area contributed by atoms with Gasteiger partial charge < -0.3 is 15.4 Å². The highest BCUT2D eigenvalue weighted by Gasteiger charge is 2.14. The minimum atomic E-state index is -0.893. The first-order chi connectivity index (χ1) is 8.41. The van der Waals surface area contributed by atoms with Crippen LogP contribution in [0.25, 0.3) is 0 Å². The van der Waals surface area contributed by atoms with E-state index in [0.717, 1.165) is 17.5 Å². The Bertz CT molecular complexity index is 443. The smallest absolute Gasteiger partial charge is 0.313 e. The van der Waals surface area contributed by atoms with Crippen LogP contribution in [0, 0.1) is 0 Å². The summed E-state index contributed by atoms with van der Waals surface area (Å²) in [5.74, 6) is -1.07. The molecule has 0 aliphatic heterocycles. The van der Waals surface area contributed by atoms with Crippen LogP contribution in [-0.2, 0) is 16.1 Å². The van der Waals surface area contributed by atoms with Gasteiger partial charge in [-0.3, -0.25) is 9.59 Å². The molecular weight excluding hydrogens is 254 g/mol. The quantitative estimate of drug-likeness (QED) is 0.722. The fourth-order valence-corrected chi connectivity index (χ4v) is 2.25. The number of carbonyl (C=O) groups is 2. The predicted molar refractivity (Wildman–Crippen MR) is 68.5 cm³/mol. The lowest BCUT2D eigenvalue weighted by molar-refractivity contribution is -0.134. The van der Waals surface area contributed by atoms with Crippen LogP contribution in [0.15, 0.2) is 11.4 Å². The molecule has 0 fully saturated rings. The van der Waals surface area contributed by atoms with Crippen LogP contribution in [0.2, 0.25) is 0 Å². The summed E-state index contributed by atoms with van der Waals surface area (Å²) < 4.78 is 1.86. The van der Waals surface area contributed by atoms with Crippen LogP contribution in [-0.4, -0.2) is 32.3 Å². The van der Waals surface area contributed by atoms with E-state index in [9.17, 15) is 9.59 Å². The topological polar surface area (TPSA) is 98.2 Å². The summed E-state index contributed by atoms with van der Waals surface area (Å²) in [5.41, 5.74) is 6.11. The molecule has 0 spiro atoms. The van der Waals surface area contributed by atoms with Crippen LogP contribution in [0.5, 0.6) is 0 Å². The molecule has 100 valence electrons. The highest BCUT2D eigenvalue weighted by molar-refractivity contribution is 7.99. The standard InChI is InChI=1S/C11H17N3O3S/c1-7(2)8-5-13-11(18-6-10(16)17)14(8)4-3-9(12)15/h5,7H,3-4,6H2,1-2H3,(H2,12,15)(H,16,17). The Morgan fingerprint density at radius 2 is 2.22 bits per heavy atom. The minimum Gasteiger partial charge on any atom is -0.481 e. The van der Waals surface area contributed by atoms with Gasteiger partial charge in [-0.05, 0) is 5.92 Å². The van der Waals surface area contributed by atoms with E-state index in [1.807, 2.05) is 18.4 Å². The number of rotatable bonds is 7. The molecule has 0 atom stereocenters. The molecular formula is C11H17N3O3S. The third-order valence-electron chi connectivity index (χ3n) is 2.35. The number of carboxylic acid groups (broad SMARTS) is 1. The number of hydrogen-bond acceptors (Lipinski definition) is 4. The van der Waals surface area contributed by atoms with Gasteiger partial charge in [-0.25, -0.2) is 4.98 Å². The van der Waals surface area contributed by atoms with Crippen molar-refractivity contribution in [2.75, 3.05) is 5.75 Å². The highest BCUT2D eigenvalue weighted by Crippen LogP contribution is 2.23. The molecule has 6 nitrogen and oxygen atoms in total. The number of amides is 1. The second-order valence-electron chi connectivity index (χ2n) is 4.17. The molecule has 3 N–H and O–H groups in total. The first-order valence-electron chi connectivity index (χ1n) is 5.60. The Balaban J connectivity index is 2.88. The van der Waals surface area contributed by atoms with Gasteiger partial charge in [0.1, 0.15) is 0 Å². The van der Waals surface area contributed by atoms with Gasteiger partial charge >= 0.3 is 5.97 Å². The predicted octanol–water partition coefficient (Wildman–Crippen LogP) is 1.06. The van der Waals surface area contributed by atoms with Crippen LogP contribution in [0.1, 0.15) is 31.9 Å². The van der Waals surface area contributed by atoms with Crippen LogP contribution in [0.3, 0.4) is 0 Å². The van der Waals surface area contributed by atoms with Gasteiger partial charge in [-0.1, -0.05) is 25.6 Å². The van der Waals surface area contributed by atoms with Crippen LogP contribution in [0.4, 0.5) is 0 Å². The highest BCUT2D eigenvalue weighted by atomic mass is 32.2. The van der Waals surface area contributed by atoms with Crippen LogP contribution >= 0.6 is 11.8 Å². The lowest BCUT2D eigenvalue weighted by Crippen LogP contribution is -2.16. The number of carbonyl (C=O) groups excluding carboxylic acids is 1. The Hall–Kier alpha value is -1.50. The average molecular weight is 271 g/mol. The first kappa shape index (κ1) is 14.6. The molecule has 7 heteroatoms. The zero-order chi connectivity index (χ0) is 13.7. The second kappa shape index (κ2) is 6.44. The number of nitrogens with zero attached hydrogens (tertiary/aromatic N) is 2. The van der Waals surface area contributed by atoms with Crippen molar-refractivity contribution in [3.8, 4) is 0 Å². The van der Waals surface area contributed by atoms with E-state index in [4.69, 9.17) is 10.8 Å². The summed E-state index contributed by atoms with van der Waals surface area (Å²) in [6.45, 7) is 4.47. The normalized spacial score (nSPS) is 10.8. The van der Waals surface area contributed by atoms with Crippen molar-refractivity contribution in [2.45, 2.75) is 37.9 Å². The van der Waals surface area contributed by atoms with Crippen molar-refractivity contribution in [3.63, 3.8) is 0 Å². The molecule has 1 amide bonds. The lowest BCUT2D eigenvalue weighted by atomic mass is 10.1. The van der Waals surface area contributed by atoms with Crippen molar-refractivity contribution >= 4 is 23.6 Å². The second-order valence-corrected chi connectivity index (χ2v) is 5.11. The molecule has 0 saturated carbocycles. The number of imidazole rings is 1. The largest absolute Gasteiger partial charge is 0.481 e. The molecule has 1 aromatic heterocycles. The van der Waals surface area contributed by atoms with Gasteiger partial charge in [0.25, 0.3) is 0 Å². The van der Waals surface area contributed by atoms with Gasteiger partial charge in [0.15, 0.2) is 5.16 Å². The number of hydrogen-bond donors (Lipinski definition) is 2. The monoisotopic (exact) mass is 271 g/mol. The van der Waals surface area contributed by atoms with Gasteiger partial charge in [0, 0.05) is 24.9 Å². The summed E-state index contributed by atoms with van der Waals surface area (Å²) in [5, 5.41) is 9.28. The molecule has 0 aromatic carbocycles. The van der Waals surface area contributed by atoms with Gasteiger partial charge in [-0.15, -0.1) is 0 Å². The summed E-state index contributed by atoms with van der Waals surface area (Å²) in [6.07, 6.45) is 1.94. The molecule has 0 saturated heterocycles. The fraction of sp³-hybridized carbons (Fsp3) is 0.545. The number of aliphatic carboxylic acids is 1. The lowest BCUT2D eigenvalue weighted by Gasteiger charge is -2.12. The third-order valence-corrected chi connectivity index (χ3v) is 3.32. The molecule has 0 aliphatic carbocycles. The van der Waals surface area contributed by atoms with Gasteiger partial charge in [-0.2, -0.15) is 0 Å². The van der Waals surface area contributed by atoms with E-state index in [0.29, 0.717) is 11.7 Å². The van der Waals surface area contributed by atoms with E-state index in [2.05, 4.69) is 4.98 Å². The number of aromatic nitrogens is 2. The Morgan fingerprint density at radius 1 is 1.56 bits per heavy atom. The van der Waals surface area contributed by atoms with Crippen LogP contribution < -0.4 is 5.73 Å². The summed E-state index contributed by atoms with van der Waals surface area (Å²) >= 11 is 1.15. The van der Waals surface area contributed by atoms with E-state index in [1.165, 1.54) is 0 Å². The molecule has 0 unspecified atom stereocenters. The molecule has 1 heterocycles. The molecule has 0 radical (unpaired) electrons. The Morgan fingerprint density at radius 3 is 2.72 bits per heavy atom. The zero-order valence-corrected chi connectivity index (χ0v) is 11.2. The van der Waals surface area contributed by atoms with E-state index in [1.54, 1.807) is 6.20 Å². The maximum absolute atomic E-state index is 10.8. The number of carboxylic acids is 1. The van der Waals surface area contributed by atoms with E-state index >= 15 is 0 Å². The van der Waals surface area contributed by atoms with Crippen molar-refractivity contribution in [1.82, 2.24) is 9.55 Å². The number of primary amides is 1. The number of nitrogens with two attached hydrogens (primary N) is 1. The number of thioether (sulfide) groups is 1. The van der Waals surface area contributed by atoms with Crippen molar-refractivity contribution in [2.24, 2.45) is 5.73 Å². The molecule has 0 aliphatic rings. The molecule has 18 heavy (non-hydrogen) atoms. The maximum atomic E-state index is 10.8. The van der Waals surface area contributed by atoms with E-state index in [-0.39, 0.29) is 24.0 Å². The fourth-order valence-electron chi connectivity index (χ4n) is 1.52. The molecule has 1 aromatic rings. The van der Waals surface area contributed by atoms with E-state index < -0.39 is 5.97 Å². The van der Waals surface area contributed by atoms with Crippen molar-refractivity contribution < 1.29 is 14.7 Å². The average Bonchev–Trinajstić information content (AvgIpc) is 2.66. The third kappa shape index (κ3) is 4.06. The maximum Gasteiger partial charge on any atom is 0.313 e. The van der Waals surface area contributed by atoms with Gasteiger partial charge in [0.2, 0.25) is 5.91 Å². The molecule has 1 rings (SSSR count). The van der Waals surface area contributed by atoms with Gasteiger partial charge in [0.05, 0.1) is 5.75 Å². The van der Waals surface area contributed by atoms with Crippen molar-refractivity contribution in [1.29, 1.82) is 0 Å². The first-order valence-corrected chi connectivity index (χ1v) is 6.58. The Labute approximate surface area is 110 Å². The molecule has 0 bridgehead atoms. The summed E-state index contributed by atoms with van der Waals surface area (Å²) in [6, 6.07) is 0. The summed E-state index contributed by atoms with van der Waals surface area (Å²) in [7, 11) is 0. The SMILES string of the molecule is CC(C)c1cnc(SCC(=O)O)n1CCC(N)=O. The zero-order valence-electron chi connectivity index (χ0n) is 10.4. The minimum absolute atomic E-state index is 0.0505.